The summed E-state index contributed by atoms with van der Waals surface area (Å²) in [5.41, 5.74) is 6.58. The van der Waals surface area contributed by atoms with Crippen LogP contribution >= 0.6 is 11.6 Å². The van der Waals surface area contributed by atoms with E-state index in [4.69, 9.17) is 17.3 Å². The average Bonchev–Trinajstić information content (AvgIpc) is 2.40. The number of benzene rings is 2. The summed E-state index contributed by atoms with van der Waals surface area (Å²) in [4.78, 5) is -0.120. The van der Waals surface area contributed by atoms with Crippen molar-refractivity contribution >= 4 is 27.3 Å². The molecule has 2 aromatic carbocycles. The van der Waals surface area contributed by atoms with Gasteiger partial charge in [0.1, 0.15) is 10.7 Å². The molecule has 0 spiro atoms. The number of nitrogens with one attached hydrogen (secondary N) is 1. The number of sulfonamides is 1. The van der Waals surface area contributed by atoms with E-state index in [1.54, 1.807) is 18.2 Å². The molecule has 112 valence electrons. The van der Waals surface area contributed by atoms with Gasteiger partial charge in [0.05, 0.1) is 10.7 Å². The summed E-state index contributed by atoms with van der Waals surface area (Å²) >= 11 is 5.89. The van der Waals surface area contributed by atoms with Crippen molar-refractivity contribution < 1.29 is 12.8 Å². The van der Waals surface area contributed by atoms with Crippen LogP contribution in [0.4, 0.5) is 10.1 Å². The Hall–Kier alpha value is -1.63. The number of nitrogen functional groups attached to an aromatic ring is 1. The summed E-state index contributed by atoms with van der Waals surface area (Å²) in [6.45, 7) is 0.165. The second-order valence-corrected chi connectivity index (χ2v) is 6.54. The molecule has 2 aromatic rings. The number of hydrogen-bond donors (Lipinski definition) is 2. The van der Waals surface area contributed by atoms with Crippen LogP contribution in [0.15, 0.2) is 47.4 Å². The van der Waals surface area contributed by atoms with Crippen molar-refractivity contribution in [1.29, 1.82) is 0 Å². The molecule has 0 saturated carbocycles. The Bertz CT molecular complexity index is 713. The first kappa shape index (κ1) is 15.8. The molecular formula is C14H14ClFN2O2S. The van der Waals surface area contributed by atoms with Gasteiger partial charge in [-0.2, -0.15) is 0 Å². The molecule has 7 heteroatoms. The highest BCUT2D eigenvalue weighted by atomic mass is 35.5. The molecule has 0 unspecified atom stereocenters. The quantitative estimate of drug-likeness (QED) is 0.829. The zero-order valence-electron chi connectivity index (χ0n) is 11.0. The van der Waals surface area contributed by atoms with Crippen LogP contribution in [0.3, 0.4) is 0 Å². The second-order valence-electron chi connectivity index (χ2n) is 4.43. The highest BCUT2D eigenvalue weighted by Crippen LogP contribution is 2.26. The summed E-state index contributed by atoms with van der Waals surface area (Å²) in [5, 5.41) is 0.0734. The maximum atomic E-state index is 12.8. The normalized spacial score (nSPS) is 11.5. The highest BCUT2D eigenvalue weighted by Gasteiger charge is 2.20. The molecule has 0 aliphatic rings. The van der Waals surface area contributed by atoms with Gasteiger partial charge in [-0.3, -0.25) is 0 Å². The Balaban J connectivity index is 2.07. The smallest absolute Gasteiger partial charge is 0.244 e. The Labute approximate surface area is 127 Å². The van der Waals surface area contributed by atoms with Gasteiger partial charge >= 0.3 is 0 Å². The minimum atomic E-state index is -3.78. The zero-order valence-corrected chi connectivity index (χ0v) is 12.6. The van der Waals surface area contributed by atoms with E-state index in [-0.39, 0.29) is 28.0 Å². The molecule has 21 heavy (non-hydrogen) atoms. The Kier molecular flexibility index (Phi) is 4.82. The Morgan fingerprint density at radius 1 is 1.14 bits per heavy atom. The van der Waals surface area contributed by atoms with E-state index in [9.17, 15) is 12.8 Å². The summed E-state index contributed by atoms with van der Waals surface area (Å²) < 4.78 is 39.6. The van der Waals surface area contributed by atoms with Crippen LogP contribution in [-0.2, 0) is 16.4 Å². The number of anilines is 1. The molecule has 0 aliphatic carbocycles. The van der Waals surface area contributed by atoms with Crippen LogP contribution in [-0.4, -0.2) is 15.0 Å². The standard InChI is InChI=1S/C14H14ClFN2O2S/c15-12-2-1-3-13(17)14(12)21(19,20)18-9-8-10-4-6-11(16)7-5-10/h1-7,18H,8-9,17H2. The molecule has 0 heterocycles. The maximum Gasteiger partial charge on any atom is 0.244 e. The topological polar surface area (TPSA) is 72.2 Å². The van der Waals surface area contributed by atoms with Crippen molar-refractivity contribution in [3.63, 3.8) is 0 Å². The molecule has 0 amide bonds. The lowest BCUT2D eigenvalue weighted by Crippen LogP contribution is -2.27. The van der Waals surface area contributed by atoms with Crippen LogP contribution in [0, 0.1) is 5.82 Å². The van der Waals surface area contributed by atoms with Crippen molar-refractivity contribution in [2.45, 2.75) is 11.3 Å². The van der Waals surface area contributed by atoms with Crippen LogP contribution < -0.4 is 10.5 Å². The predicted octanol–water partition coefficient (Wildman–Crippen LogP) is 2.58. The molecule has 0 atom stereocenters. The molecule has 0 saturated heterocycles. The summed E-state index contributed by atoms with van der Waals surface area (Å²) in [7, 11) is -3.78. The monoisotopic (exact) mass is 328 g/mol. The fourth-order valence-electron chi connectivity index (χ4n) is 1.86. The molecule has 0 aliphatic heterocycles. The van der Waals surface area contributed by atoms with E-state index in [2.05, 4.69) is 4.72 Å². The summed E-state index contributed by atoms with van der Waals surface area (Å²) in [6, 6.07) is 10.4. The second kappa shape index (κ2) is 6.43. The molecular weight excluding hydrogens is 315 g/mol. The minimum Gasteiger partial charge on any atom is -0.398 e. The van der Waals surface area contributed by atoms with Crippen LogP contribution in [0.25, 0.3) is 0 Å². The average molecular weight is 329 g/mol. The fraction of sp³-hybridized carbons (Fsp3) is 0.143. The SMILES string of the molecule is Nc1cccc(Cl)c1S(=O)(=O)NCCc1ccc(F)cc1. The number of nitrogens with two attached hydrogens (primary N) is 1. The Morgan fingerprint density at radius 2 is 1.81 bits per heavy atom. The summed E-state index contributed by atoms with van der Waals surface area (Å²) in [5.74, 6) is -0.330. The number of halogens is 2. The van der Waals surface area contributed by atoms with E-state index in [1.807, 2.05) is 0 Å². The van der Waals surface area contributed by atoms with Gasteiger partial charge in [-0.25, -0.2) is 17.5 Å². The molecule has 0 fully saturated rings. The summed E-state index contributed by atoms with van der Waals surface area (Å²) in [6.07, 6.45) is 0.434. The van der Waals surface area contributed by atoms with Gasteiger partial charge in [-0.05, 0) is 36.2 Å². The van der Waals surface area contributed by atoms with Crippen molar-refractivity contribution in [2.24, 2.45) is 0 Å². The lowest BCUT2D eigenvalue weighted by atomic mass is 10.1. The van der Waals surface area contributed by atoms with E-state index in [0.717, 1.165) is 5.56 Å². The van der Waals surface area contributed by atoms with E-state index >= 15 is 0 Å². The third kappa shape index (κ3) is 3.93. The number of rotatable bonds is 5. The largest absolute Gasteiger partial charge is 0.398 e. The van der Waals surface area contributed by atoms with E-state index < -0.39 is 10.0 Å². The third-order valence-electron chi connectivity index (χ3n) is 2.89. The first-order valence-corrected chi connectivity index (χ1v) is 8.04. The van der Waals surface area contributed by atoms with Gasteiger partial charge in [0.25, 0.3) is 0 Å². The first-order chi connectivity index (χ1) is 9.90. The van der Waals surface area contributed by atoms with Crippen LogP contribution in [0.1, 0.15) is 5.56 Å². The first-order valence-electron chi connectivity index (χ1n) is 6.18. The van der Waals surface area contributed by atoms with Gasteiger partial charge in [0, 0.05) is 6.54 Å². The molecule has 4 nitrogen and oxygen atoms in total. The maximum absolute atomic E-state index is 12.8. The minimum absolute atomic E-state index is 0.0734. The van der Waals surface area contributed by atoms with Crippen molar-refractivity contribution in [3.05, 3.63) is 58.9 Å². The fourth-order valence-corrected chi connectivity index (χ4v) is 3.57. The van der Waals surface area contributed by atoms with Crippen LogP contribution in [0.5, 0.6) is 0 Å². The van der Waals surface area contributed by atoms with Gasteiger partial charge in [-0.1, -0.05) is 29.8 Å². The molecule has 0 radical (unpaired) electrons. The van der Waals surface area contributed by atoms with Crippen molar-refractivity contribution in [1.82, 2.24) is 4.72 Å². The van der Waals surface area contributed by atoms with Crippen LogP contribution in [0.2, 0.25) is 5.02 Å². The van der Waals surface area contributed by atoms with Gasteiger partial charge in [0.2, 0.25) is 10.0 Å². The Morgan fingerprint density at radius 3 is 2.43 bits per heavy atom. The van der Waals surface area contributed by atoms with E-state index in [1.165, 1.54) is 24.3 Å². The van der Waals surface area contributed by atoms with Gasteiger partial charge < -0.3 is 5.73 Å². The lowest BCUT2D eigenvalue weighted by molar-refractivity contribution is 0.582. The zero-order chi connectivity index (χ0) is 15.5. The van der Waals surface area contributed by atoms with Crippen molar-refractivity contribution in [2.75, 3.05) is 12.3 Å². The predicted molar refractivity (Wildman–Crippen MR) is 81.2 cm³/mol. The van der Waals surface area contributed by atoms with Crippen molar-refractivity contribution in [3.8, 4) is 0 Å². The number of hydrogen-bond acceptors (Lipinski definition) is 3. The molecule has 3 N–H and O–H groups in total. The molecule has 0 bridgehead atoms. The molecule has 2 rings (SSSR count). The highest BCUT2D eigenvalue weighted by molar-refractivity contribution is 7.89. The molecule has 0 aromatic heterocycles. The third-order valence-corrected chi connectivity index (χ3v) is 4.89. The van der Waals surface area contributed by atoms with Gasteiger partial charge in [0.15, 0.2) is 0 Å². The van der Waals surface area contributed by atoms with Gasteiger partial charge in [-0.15, -0.1) is 0 Å². The van der Waals surface area contributed by atoms with E-state index in [0.29, 0.717) is 6.42 Å². The lowest BCUT2D eigenvalue weighted by Gasteiger charge is -2.10.